The molecule has 4 N–H and O–H groups in total. The Labute approximate surface area is 127 Å². The summed E-state index contributed by atoms with van der Waals surface area (Å²) in [5.41, 5.74) is 9.77. The van der Waals surface area contributed by atoms with E-state index in [1.54, 1.807) is 30.3 Å². The van der Waals surface area contributed by atoms with Crippen molar-refractivity contribution in [2.75, 3.05) is 5.43 Å². The molecule has 0 aliphatic carbocycles. The van der Waals surface area contributed by atoms with Crippen molar-refractivity contribution in [3.63, 3.8) is 0 Å². The van der Waals surface area contributed by atoms with E-state index >= 15 is 0 Å². The number of nitriles is 1. The van der Waals surface area contributed by atoms with Crippen LogP contribution in [0.1, 0.15) is 0 Å². The minimum absolute atomic E-state index is 0.173. The molecule has 7 heteroatoms. The van der Waals surface area contributed by atoms with E-state index in [9.17, 15) is 0 Å². The molecule has 2 aromatic carbocycles. The van der Waals surface area contributed by atoms with Gasteiger partial charge in [-0.1, -0.05) is 18.2 Å². The average Bonchev–Trinajstić information content (AvgIpc) is 2.55. The quantitative estimate of drug-likeness (QED) is 0.339. The van der Waals surface area contributed by atoms with Crippen LogP contribution in [-0.2, 0) is 0 Å². The van der Waals surface area contributed by atoms with Gasteiger partial charge in [-0.15, -0.1) is 0 Å². The van der Waals surface area contributed by atoms with Gasteiger partial charge in [-0.2, -0.15) is 20.6 Å². The van der Waals surface area contributed by atoms with Crippen molar-refractivity contribution in [1.82, 2.24) is 0 Å². The second-order valence-electron chi connectivity index (χ2n) is 4.18. The fraction of sp³-hybridized carbons (Fsp3) is 0. The van der Waals surface area contributed by atoms with Crippen LogP contribution >= 0.6 is 0 Å². The molecule has 108 valence electrons. The first kappa shape index (κ1) is 14.9. The largest absolute Gasteiger partial charge is 0.382 e. The Hall–Kier alpha value is -3.53. The molecule has 0 spiro atoms. The van der Waals surface area contributed by atoms with Gasteiger partial charge in [0.25, 0.3) is 0 Å². The van der Waals surface area contributed by atoms with Crippen LogP contribution in [0.5, 0.6) is 0 Å². The molecule has 0 aliphatic heterocycles. The summed E-state index contributed by atoms with van der Waals surface area (Å²) < 4.78 is 0. The molecule has 2 aromatic rings. The number of hydrogen-bond acceptors (Lipinski definition) is 6. The first-order chi connectivity index (χ1) is 10.7. The van der Waals surface area contributed by atoms with Crippen LogP contribution in [-0.4, -0.2) is 11.5 Å². The van der Waals surface area contributed by atoms with E-state index in [-0.39, 0.29) is 11.5 Å². The standard InChI is InChI=1S/C15H13N7/c16-10-14(15(17)18)22-21-13-8-6-12(7-9-13)20-19-11-4-2-1-3-5-11/h1-9,21H,(H3,17,18)/b20-19?,22-14+. The van der Waals surface area contributed by atoms with Crippen molar-refractivity contribution in [3.8, 4) is 6.07 Å². The Balaban J connectivity index is 2.03. The van der Waals surface area contributed by atoms with Crippen molar-refractivity contribution in [3.05, 3.63) is 54.6 Å². The summed E-state index contributed by atoms with van der Waals surface area (Å²) in [6, 6.07) is 18.1. The third-order valence-electron chi connectivity index (χ3n) is 2.56. The molecule has 0 atom stereocenters. The molecule has 7 nitrogen and oxygen atoms in total. The number of anilines is 1. The number of hydrazone groups is 1. The van der Waals surface area contributed by atoms with Gasteiger partial charge < -0.3 is 5.73 Å². The average molecular weight is 291 g/mol. The van der Waals surface area contributed by atoms with E-state index < -0.39 is 0 Å². The summed E-state index contributed by atoms with van der Waals surface area (Å²) in [5, 5.41) is 27.8. The smallest absolute Gasteiger partial charge is 0.201 e. The third-order valence-corrected chi connectivity index (χ3v) is 2.56. The molecular formula is C15H13N7. The van der Waals surface area contributed by atoms with Gasteiger partial charge in [-0.05, 0) is 36.4 Å². The van der Waals surface area contributed by atoms with Crippen LogP contribution < -0.4 is 11.2 Å². The van der Waals surface area contributed by atoms with Gasteiger partial charge in [0, 0.05) is 0 Å². The molecule has 0 fully saturated rings. The van der Waals surface area contributed by atoms with Gasteiger partial charge in [0.05, 0.1) is 17.1 Å². The van der Waals surface area contributed by atoms with E-state index in [2.05, 4.69) is 20.8 Å². The van der Waals surface area contributed by atoms with Gasteiger partial charge in [0.1, 0.15) is 6.07 Å². The second-order valence-corrected chi connectivity index (χ2v) is 4.18. The van der Waals surface area contributed by atoms with Crippen LogP contribution in [0.3, 0.4) is 0 Å². The molecule has 2 rings (SSSR count). The van der Waals surface area contributed by atoms with Gasteiger partial charge in [-0.25, -0.2) is 0 Å². The summed E-state index contributed by atoms with van der Waals surface area (Å²) in [4.78, 5) is 0. The number of benzene rings is 2. The summed E-state index contributed by atoms with van der Waals surface area (Å²) in [6.45, 7) is 0. The van der Waals surface area contributed by atoms with Crippen LogP contribution in [0.4, 0.5) is 17.1 Å². The molecule has 0 radical (unpaired) electrons. The summed E-state index contributed by atoms with van der Waals surface area (Å²) in [7, 11) is 0. The van der Waals surface area contributed by atoms with Crippen molar-refractivity contribution in [1.29, 1.82) is 10.7 Å². The molecule has 0 amide bonds. The number of nitrogens with zero attached hydrogens (tertiary/aromatic N) is 4. The lowest BCUT2D eigenvalue weighted by Crippen LogP contribution is -2.21. The predicted octanol–water partition coefficient (Wildman–Crippen LogP) is 3.33. The lowest BCUT2D eigenvalue weighted by Gasteiger charge is -2.01. The number of azo groups is 1. The lowest BCUT2D eigenvalue weighted by molar-refractivity contribution is 1.23. The number of hydrogen-bond donors (Lipinski definition) is 3. The maximum Gasteiger partial charge on any atom is 0.201 e. The maximum absolute atomic E-state index is 8.73. The Morgan fingerprint density at radius 1 is 1.00 bits per heavy atom. The minimum Gasteiger partial charge on any atom is -0.382 e. The van der Waals surface area contributed by atoms with Crippen molar-refractivity contribution in [2.24, 2.45) is 21.1 Å². The number of amidine groups is 1. The summed E-state index contributed by atoms with van der Waals surface area (Å²) >= 11 is 0. The first-order valence-electron chi connectivity index (χ1n) is 6.34. The van der Waals surface area contributed by atoms with Gasteiger partial charge in [0.2, 0.25) is 5.71 Å². The van der Waals surface area contributed by atoms with Crippen LogP contribution in [0, 0.1) is 16.7 Å². The monoisotopic (exact) mass is 291 g/mol. The van der Waals surface area contributed by atoms with Gasteiger partial charge >= 0.3 is 0 Å². The molecule has 0 unspecified atom stereocenters. The van der Waals surface area contributed by atoms with Crippen LogP contribution in [0.15, 0.2) is 69.9 Å². The number of rotatable bonds is 5. The normalized spacial score (nSPS) is 11.1. The van der Waals surface area contributed by atoms with E-state index in [1.807, 2.05) is 30.3 Å². The van der Waals surface area contributed by atoms with Crippen molar-refractivity contribution >= 4 is 28.6 Å². The van der Waals surface area contributed by atoms with Gasteiger partial charge in [-0.3, -0.25) is 10.8 Å². The SMILES string of the molecule is N#C/C(=N\Nc1ccc(N=Nc2ccccc2)cc1)C(=N)N. The Morgan fingerprint density at radius 2 is 1.59 bits per heavy atom. The Bertz CT molecular complexity index is 740. The minimum atomic E-state index is -0.386. The molecule has 0 saturated heterocycles. The van der Waals surface area contributed by atoms with Gasteiger partial charge in [0.15, 0.2) is 5.84 Å². The Kier molecular flexibility index (Phi) is 4.94. The highest BCUT2D eigenvalue weighted by Crippen LogP contribution is 2.19. The first-order valence-corrected chi connectivity index (χ1v) is 6.34. The summed E-state index contributed by atoms with van der Waals surface area (Å²) in [6.07, 6.45) is 0. The highest BCUT2D eigenvalue weighted by atomic mass is 15.3. The molecule has 0 aliphatic rings. The van der Waals surface area contributed by atoms with Crippen LogP contribution in [0.2, 0.25) is 0 Å². The number of nitrogens with one attached hydrogen (secondary N) is 2. The third kappa shape index (κ3) is 4.25. The fourth-order valence-electron chi connectivity index (χ4n) is 1.48. The number of nitrogens with two attached hydrogens (primary N) is 1. The molecule has 0 saturated carbocycles. The van der Waals surface area contributed by atoms with Crippen molar-refractivity contribution < 1.29 is 0 Å². The molecule has 0 bridgehead atoms. The highest BCUT2D eigenvalue weighted by Gasteiger charge is 2.00. The van der Waals surface area contributed by atoms with Crippen LogP contribution in [0.25, 0.3) is 0 Å². The highest BCUT2D eigenvalue weighted by molar-refractivity contribution is 6.45. The molecule has 22 heavy (non-hydrogen) atoms. The predicted molar refractivity (Wildman–Crippen MR) is 85.6 cm³/mol. The zero-order chi connectivity index (χ0) is 15.8. The Morgan fingerprint density at radius 3 is 2.14 bits per heavy atom. The molecule has 0 heterocycles. The maximum atomic E-state index is 8.73. The topological polar surface area (TPSA) is 123 Å². The zero-order valence-corrected chi connectivity index (χ0v) is 11.6. The van der Waals surface area contributed by atoms with E-state index in [1.165, 1.54) is 0 Å². The summed E-state index contributed by atoms with van der Waals surface area (Å²) in [5.74, 6) is -0.386. The zero-order valence-electron chi connectivity index (χ0n) is 11.6. The molecule has 0 aromatic heterocycles. The second kappa shape index (κ2) is 7.31. The lowest BCUT2D eigenvalue weighted by atomic mass is 10.3. The molecular weight excluding hydrogens is 278 g/mol. The van der Waals surface area contributed by atoms with Crippen molar-refractivity contribution in [2.45, 2.75) is 0 Å². The van der Waals surface area contributed by atoms with E-state index in [0.29, 0.717) is 11.4 Å². The fourth-order valence-corrected chi connectivity index (χ4v) is 1.48. The van der Waals surface area contributed by atoms with E-state index in [0.717, 1.165) is 5.69 Å². The van der Waals surface area contributed by atoms with E-state index in [4.69, 9.17) is 16.4 Å².